The number of rotatable bonds is 7. The third kappa shape index (κ3) is 3.92. The molecule has 0 atom stereocenters. The van der Waals surface area contributed by atoms with Crippen molar-refractivity contribution in [1.82, 2.24) is 9.97 Å². The van der Waals surface area contributed by atoms with Crippen LogP contribution in [0, 0.1) is 6.92 Å². The Morgan fingerprint density at radius 3 is 2.67 bits per heavy atom. The SMILES string of the molecule is CCNc1ncnc(Nc2ccccc2CCOC)c1C. The summed E-state index contributed by atoms with van der Waals surface area (Å²) >= 11 is 0. The number of hydrogen-bond donors (Lipinski definition) is 2. The van der Waals surface area contributed by atoms with E-state index in [0.29, 0.717) is 6.61 Å². The molecule has 0 aliphatic heterocycles. The predicted molar refractivity (Wildman–Crippen MR) is 86.2 cm³/mol. The number of methoxy groups -OCH3 is 1. The first-order valence-electron chi connectivity index (χ1n) is 7.15. The molecule has 2 N–H and O–H groups in total. The van der Waals surface area contributed by atoms with Crippen molar-refractivity contribution in [3.05, 3.63) is 41.7 Å². The van der Waals surface area contributed by atoms with Crippen LogP contribution in [-0.4, -0.2) is 30.2 Å². The number of hydrogen-bond acceptors (Lipinski definition) is 5. The molecule has 112 valence electrons. The summed E-state index contributed by atoms with van der Waals surface area (Å²) in [6, 6.07) is 8.20. The molecule has 21 heavy (non-hydrogen) atoms. The van der Waals surface area contributed by atoms with E-state index in [1.807, 2.05) is 19.1 Å². The van der Waals surface area contributed by atoms with E-state index in [1.165, 1.54) is 5.56 Å². The number of para-hydroxylation sites is 1. The van der Waals surface area contributed by atoms with Gasteiger partial charge in [-0.1, -0.05) is 18.2 Å². The van der Waals surface area contributed by atoms with Crippen molar-refractivity contribution in [3.63, 3.8) is 0 Å². The Hall–Kier alpha value is -2.14. The summed E-state index contributed by atoms with van der Waals surface area (Å²) in [5.74, 6) is 1.69. The van der Waals surface area contributed by atoms with Gasteiger partial charge >= 0.3 is 0 Å². The van der Waals surface area contributed by atoms with Crippen LogP contribution in [-0.2, 0) is 11.2 Å². The quantitative estimate of drug-likeness (QED) is 0.819. The number of aromatic nitrogens is 2. The number of nitrogens with zero attached hydrogens (tertiary/aromatic N) is 2. The molecule has 0 aliphatic rings. The number of anilines is 3. The van der Waals surface area contributed by atoms with Crippen LogP contribution in [0.2, 0.25) is 0 Å². The van der Waals surface area contributed by atoms with E-state index >= 15 is 0 Å². The van der Waals surface area contributed by atoms with Crippen molar-refractivity contribution >= 4 is 17.3 Å². The molecule has 0 radical (unpaired) electrons. The fourth-order valence-corrected chi connectivity index (χ4v) is 2.12. The molecule has 0 fully saturated rings. The molecule has 0 saturated heterocycles. The molecule has 1 heterocycles. The average Bonchev–Trinajstić information content (AvgIpc) is 2.50. The molecule has 0 saturated carbocycles. The molecule has 5 heteroatoms. The van der Waals surface area contributed by atoms with Gasteiger partial charge in [-0.2, -0.15) is 0 Å². The van der Waals surface area contributed by atoms with Crippen molar-refractivity contribution in [2.75, 3.05) is 30.9 Å². The van der Waals surface area contributed by atoms with Crippen LogP contribution in [0.25, 0.3) is 0 Å². The van der Waals surface area contributed by atoms with Crippen molar-refractivity contribution in [1.29, 1.82) is 0 Å². The summed E-state index contributed by atoms with van der Waals surface area (Å²) in [6.07, 6.45) is 2.44. The van der Waals surface area contributed by atoms with Gasteiger partial charge in [-0.3, -0.25) is 0 Å². The Morgan fingerprint density at radius 2 is 1.90 bits per heavy atom. The Balaban J connectivity index is 2.24. The second-order valence-electron chi connectivity index (χ2n) is 4.75. The molecule has 0 amide bonds. The van der Waals surface area contributed by atoms with E-state index in [0.717, 1.165) is 35.9 Å². The Morgan fingerprint density at radius 1 is 1.14 bits per heavy atom. The normalized spacial score (nSPS) is 10.4. The summed E-state index contributed by atoms with van der Waals surface area (Å²) in [7, 11) is 1.72. The first-order chi connectivity index (χ1) is 10.3. The van der Waals surface area contributed by atoms with Gasteiger partial charge in [0.25, 0.3) is 0 Å². The van der Waals surface area contributed by atoms with Crippen LogP contribution in [0.15, 0.2) is 30.6 Å². The van der Waals surface area contributed by atoms with Gasteiger partial charge < -0.3 is 15.4 Å². The highest BCUT2D eigenvalue weighted by molar-refractivity contribution is 5.66. The first-order valence-corrected chi connectivity index (χ1v) is 7.15. The summed E-state index contributed by atoms with van der Waals surface area (Å²) in [6.45, 7) is 5.60. The minimum absolute atomic E-state index is 0.699. The zero-order valence-corrected chi connectivity index (χ0v) is 12.8. The van der Waals surface area contributed by atoms with Gasteiger partial charge in [0, 0.05) is 24.9 Å². The average molecular weight is 286 g/mol. The molecule has 0 unspecified atom stereocenters. The molecule has 5 nitrogen and oxygen atoms in total. The molecule has 2 aromatic rings. The van der Waals surface area contributed by atoms with Gasteiger partial charge in [0.1, 0.15) is 18.0 Å². The largest absolute Gasteiger partial charge is 0.384 e. The zero-order valence-electron chi connectivity index (χ0n) is 12.8. The summed E-state index contributed by atoms with van der Waals surface area (Å²) < 4.78 is 5.16. The smallest absolute Gasteiger partial charge is 0.138 e. The second kappa shape index (κ2) is 7.59. The molecule has 1 aromatic carbocycles. The number of nitrogens with one attached hydrogen (secondary N) is 2. The highest BCUT2D eigenvalue weighted by Gasteiger charge is 2.08. The maximum absolute atomic E-state index is 5.16. The van der Waals surface area contributed by atoms with Gasteiger partial charge in [-0.15, -0.1) is 0 Å². The molecule has 0 aliphatic carbocycles. The molecular weight excluding hydrogens is 264 g/mol. The highest BCUT2D eigenvalue weighted by atomic mass is 16.5. The summed E-state index contributed by atoms with van der Waals surface area (Å²) in [5, 5.41) is 6.64. The minimum Gasteiger partial charge on any atom is -0.384 e. The predicted octanol–water partition coefficient (Wildman–Crippen LogP) is 3.15. The van der Waals surface area contributed by atoms with Crippen LogP contribution in [0.4, 0.5) is 17.3 Å². The second-order valence-corrected chi connectivity index (χ2v) is 4.75. The lowest BCUT2D eigenvalue weighted by Gasteiger charge is -2.14. The zero-order chi connectivity index (χ0) is 15.1. The molecule has 1 aromatic heterocycles. The van der Waals surface area contributed by atoms with Gasteiger partial charge in [0.15, 0.2) is 0 Å². The minimum atomic E-state index is 0.699. The Kier molecular flexibility index (Phi) is 5.51. The van der Waals surface area contributed by atoms with Gasteiger partial charge in [-0.25, -0.2) is 9.97 Å². The first kappa shape index (κ1) is 15.3. The van der Waals surface area contributed by atoms with E-state index in [1.54, 1.807) is 13.4 Å². The molecular formula is C16H22N4O. The van der Waals surface area contributed by atoms with E-state index < -0.39 is 0 Å². The van der Waals surface area contributed by atoms with E-state index in [9.17, 15) is 0 Å². The van der Waals surface area contributed by atoms with Crippen LogP contribution in [0.3, 0.4) is 0 Å². The lowest BCUT2D eigenvalue weighted by molar-refractivity contribution is 0.202. The monoisotopic (exact) mass is 286 g/mol. The van der Waals surface area contributed by atoms with Crippen LogP contribution < -0.4 is 10.6 Å². The van der Waals surface area contributed by atoms with Gasteiger partial charge in [0.05, 0.1) is 6.61 Å². The van der Waals surface area contributed by atoms with Crippen molar-refractivity contribution in [3.8, 4) is 0 Å². The van der Waals surface area contributed by atoms with Gasteiger partial charge in [-0.05, 0) is 31.9 Å². The third-order valence-corrected chi connectivity index (χ3v) is 3.27. The van der Waals surface area contributed by atoms with E-state index in [4.69, 9.17) is 4.74 Å². The lowest BCUT2D eigenvalue weighted by Crippen LogP contribution is -2.06. The highest BCUT2D eigenvalue weighted by Crippen LogP contribution is 2.24. The Bertz CT molecular complexity index is 586. The van der Waals surface area contributed by atoms with Gasteiger partial charge in [0.2, 0.25) is 0 Å². The topological polar surface area (TPSA) is 59.1 Å². The van der Waals surface area contributed by atoms with Crippen LogP contribution in [0.1, 0.15) is 18.1 Å². The number of benzene rings is 1. The standard InChI is InChI=1S/C16H22N4O/c1-4-17-15-12(2)16(19-11-18-15)20-14-8-6-5-7-13(14)9-10-21-3/h5-8,11H,4,9-10H2,1-3H3,(H2,17,18,19,20). The number of ether oxygens (including phenoxy) is 1. The molecule has 0 bridgehead atoms. The maximum atomic E-state index is 5.16. The summed E-state index contributed by atoms with van der Waals surface area (Å²) in [5.41, 5.74) is 3.28. The maximum Gasteiger partial charge on any atom is 0.138 e. The fraction of sp³-hybridized carbons (Fsp3) is 0.375. The molecule has 2 rings (SSSR count). The van der Waals surface area contributed by atoms with Crippen LogP contribution in [0.5, 0.6) is 0 Å². The van der Waals surface area contributed by atoms with Crippen molar-refractivity contribution in [2.45, 2.75) is 20.3 Å². The lowest BCUT2D eigenvalue weighted by atomic mass is 10.1. The van der Waals surface area contributed by atoms with Crippen molar-refractivity contribution < 1.29 is 4.74 Å². The molecule has 0 spiro atoms. The van der Waals surface area contributed by atoms with E-state index in [2.05, 4.69) is 39.7 Å². The fourth-order valence-electron chi connectivity index (χ4n) is 2.12. The van der Waals surface area contributed by atoms with Crippen molar-refractivity contribution in [2.24, 2.45) is 0 Å². The third-order valence-electron chi connectivity index (χ3n) is 3.27. The Labute approximate surface area is 125 Å². The van der Waals surface area contributed by atoms with E-state index in [-0.39, 0.29) is 0 Å². The van der Waals surface area contributed by atoms with Crippen LogP contribution >= 0.6 is 0 Å². The summed E-state index contributed by atoms with van der Waals surface area (Å²) in [4.78, 5) is 8.60.